The maximum atomic E-state index is 13.5. The van der Waals surface area contributed by atoms with Crippen molar-refractivity contribution in [1.29, 1.82) is 0 Å². The van der Waals surface area contributed by atoms with E-state index in [0.717, 1.165) is 42.5 Å². The van der Waals surface area contributed by atoms with Gasteiger partial charge in [0, 0.05) is 23.7 Å². The fourth-order valence-corrected chi connectivity index (χ4v) is 5.58. The van der Waals surface area contributed by atoms with Crippen molar-refractivity contribution >= 4 is 34.4 Å². The van der Waals surface area contributed by atoms with E-state index in [0.29, 0.717) is 29.5 Å². The van der Waals surface area contributed by atoms with E-state index in [4.69, 9.17) is 11.6 Å². The summed E-state index contributed by atoms with van der Waals surface area (Å²) in [6, 6.07) is 14.6. The van der Waals surface area contributed by atoms with E-state index in [9.17, 15) is 9.59 Å². The number of nitrogens with zero attached hydrogens (tertiary/aromatic N) is 3. The summed E-state index contributed by atoms with van der Waals surface area (Å²) in [5, 5.41) is 3.58. The Hall–Kier alpha value is -2.86. The van der Waals surface area contributed by atoms with Crippen molar-refractivity contribution in [2.24, 2.45) is 13.0 Å². The van der Waals surface area contributed by atoms with E-state index in [1.165, 1.54) is 0 Å². The van der Waals surface area contributed by atoms with Crippen molar-refractivity contribution in [3.8, 4) is 0 Å². The largest absolute Gasteiger partial charge is 0.347 e. The number of carbonyl (C=O) groups is 2. The first-order valence-corrected chi connectivity index (χ1v) is 11.7. The highest BCUT2D eigenvalue weighted by atomic mass is 35.5. The van der Waals surface area contributed by atoms with Crippen molar-refractivity contribution < 1.29 is 9.59 Å². The minimum Gasteiger partial charge on any atom is -0.347 e. The number of hydrogen-bond acceptors (Lipinski definition) is 3. The van der Waals surface area contributed by atoms with Crippen molar-refractivity contribution in [3.05, 3.63) is 64.9 Å². The van der Waals surface area contributed by atoms with Crippen LogP contribution in [-0.4, -0.2) is 38.3 Å². The topological polar surface area (TPSA) is 67.2 Å². The molecule has 2 amide bonds. The number of benzene rings is 2. The number of rotatable bonds is 4. The maximum Gasteiger partial charge on any atom is 0.254 e. The van der Waals surface area contributed by atoms with Gasteiger partial charge in [-0.2, -0.15) is 0 Å². The Bertz CT molecular complexity index is 1170. The predicted octanol–water partition coefficient (Wildman–Crippen LogP) is 4.32. The molecule has 1 aromatic heterocycles. The summed E-state index contributed by atoms with van der Waals surface area (Å²) in [6.07, 6.45) is 4.98. The molecule has 1 N–H and O–H groups in total. The normalized spacial score (nSPS) is 22.7. The third kappa shape index (κ3) is 3.77. The van der Waals surface area contributed by atoms with E-state index in [2.05, 4.69) is 10.3 Å². The molecule has 0 spiro atoms. The molecule has 1 saturated heterocycles. The summed E-state index contributed by atoms with van der Waals surface area (Å²) >= 11 is 6.14. The smallest absolute Gasteiger partial charge is 0.254 e. The lowest BCUT2D eigenvalue weighted by molar-refractivity contribution is -0.125. The minimum atomic E-state index is -0.468. The third-order valence-electron chi connectivity index (χ3n) is 7.00. The van der Waals surface area contributed by atoms with Crippen LogP contribution in [-0.2, 0) is 18.4 Å². The molecule has 2 aromatic carbocycles. The van der Waals surface area contributed by atoms with Crippen LogP contribution in [0.1, 0.15) is 48.3 Å². The number of nitrogens with one attached hydrogen (secondary N) is 1. The Morgan fingerprint density at radius 1 is 1.12 bits per heavy atom. The van der Waals surface area contributed by atoms with Gasteiger partial charge in [0.25, 0.3) is 5.91 Å². The molecule has 3 atom stereocenters. The number of imidazole rings is 1. The first-order chi connectivity index (χ1) is 15.5. The lowest BCUT2D eigenvalue weighted by Crippen LogP contribution is -2.49. The molecule has 2 aliphatic rings. The Kier molecular flexibility index (Phi) is 5.64. The molecule has 0 bridgehead atoms. The van der Waals surface area contributed by atoms with Gasteiger partial charge in [0.2, 0.25) is 5.91 Å². The average molecular weight is 451 g/mol. The number of fused-ring (bicyclic) bond motifs is 2. The Balaban J connectivity index is 1.37. The summed E-state index contributed by atoms with van der Waals surface area (Å²) in [6.45, 7) is 0.328. The second-order valence-corrected chi connectivity index (χ2v) is 9.32. The second-order valence-electron chi connectivity index (χ2n) is 8.88. The van der Waals surface area contributed by atoms with Crippen molar-refractivity contribution in [2.45, 2.75) is 50.7 Å². The number of carbonyl (C=O) groups excluding carboxylic acids is 2. The van der Waals surface area contributed by atoms with Gasteiger partial charge in [-0.1, -0.05) is 42.6 Å². The Morgan fingerprint density at radius 3 is 2.75 bits per heavy atom. The maximum absolute atomic E-state index is 13.5. The summed E-state index contributed by atoms with van der Waals surface area (Å²) in [7, 11) is 1.95. The Morgan fingerprint density at radius 2 is 1.94 bits per heavy atom. The van der Waals surface area contributed by atoms with Gasteiger partial charge in [0.15, 0.2) is 0 Å². The van der Waals surface area contributed by atoms with Gasteiger partial charge >= 0.3 is 0 Å². The van der Waals surface area contributed by atoms with Gasteiger partial charge in [0.1, 0.15) is 11.9 Å². The van der Waals surface area contributed by atoms with E-state index in [1.54, 1.807) is 24.3 Å². The first kappa shape index (κ1) is 21.0. The quantitative estimate of drug-likeness (QED) is 0.643. The number of halogens is 1. The van der Waals surface area contributed by atoms with Gasteiger partial charge in [-0.25, -0.2) is 4.98 Å². The van der Waals surface area contributed by atoms with Gasteiger partial charge in [-0.05, 0) is 55.5 Å². The van der Waals surface area contributed by atoms with Gasteiger partial charge in [-0.3, -0.25) is 9.59 Å². The highest BCUT2D eigenvalue weighted by molar-refractivity contribution is 6.31. The fourth-order valence-electron chi connectivity index (χ4n) is 5.39. The fraction of sp³-hybridized carbons (Fsp3) is 0.400. The molecule has 6 nitrogen and oxygen atoms in total. The molecular weight excluding hydrogens is 424 g/mol. The summed E-state index contributed by atoms with van der Waals surface area (Å²) in [5.74, 6) is 0.952. The van der Waals surface area contributed by atoms with E-state index < -0.39 is 6.04 Å². The van der Waals surface area contributed by atoms with Crippen LogP contribution in [0.2, 0.25) is 5.02 Å². The number of amides is 2. The lowest BCUT2D eigenvalue weighted by atomic mass is 9.84. The predicted molar refractivity (Wildman–Crippen MR) is 124 cm³/mol. The summed E-state index contributed by atoms with van der Waals surface area (Å²) in [5.41, 5.74) is 2.47. The van der Waals surface area contributed by atoms with E-state index in [-0.39, 0.29) is 17.9 Å². The average Bonchev–Trinajstić information content (AvgIpc) is 3.35. The lowest BCUT2D eigenvalue weighted by Gasteiger charge is -2.33. The molecule has 3 unspecified atom stereocenters. The minimum absolute atomic E-state index is 0.107. The monoisotopic (exact) mass is 450 g/mol. The molecule has 1 saturated carbocycles. The summed E-state index contributed by atoms with van der Waals surface area (Å²) < 4.78 is 2.00. The number of hydrogen-bond donors (Lipinski definition) is 1. The number of likely N-dealkylation sites (tertiary alicyclic amines) is 1. The third-order valence-corrected chi connectivity index (χ3v) is 7.23. The zero-order valence-corrected chi connectivity index (χ0v) is 18.9. The molecule has 1 aliphatic heterocycles. The van der Waals surface area contributed by atoms with Crippen LogP contribution in [0.4, 0.5) is 0 Å². The molecule has 2 fully saturated rings. The second kappa shape index (κ2) is 8.58. The molecule has 1 aliphatic carbocycles. The zero-order valence-electron chi connectivity index (χ0n) is 18.1. The molecule has 7 heteroatoms. The van der Waals surface area contributed by atoms with Crippen molar-refractivity contribution in [2.75, 3.05) is 0 Å². The van der Waals surface area contributed by atoms with Crippen LogP contribution >= 0.6 is 11.6 Å². The van der Waals surface area contributed by atoms with Gasteiger partial charge < -0.3 is 14.8 Å². The summed E-state index contributed by atoms with van der Waals surface area (Å²) in [4.78, 5) is 33.3. The standard InChI is InChI=1S/C25H27ClN4O2/c1-29-21-12-5-3-10-19(21)28-23(29)15-27-24(31)22-14-16-7-2-4-11-20(16)30(22)25(32)17-8-6-9-18(26)13-17/h3,5-6,8-10,12-13,16,20,22H,2,4,7,11,14-15H2,1H3,(H,27,31). The highest BCUT2D eigenvalue weighted by Gasteiger charge is 2.47. The van der Waals surface area contributed by atoms with Crippen LogP contribution in [0.15, 0.2) is 48.5 Å². The highest BCUT2D eigenvalue weighted by Crippen LogP contribution is 2.40. The SMILES string of the molecule is Cn1c(CNC(=O)C2CC3CCCCC3N2C(=O)c2cccc(Cl)c2)nc2ccccc21. The van der Waals surface area contributed by atoms with Crippen LogP contribution in [0.25, 0.3) is 11.0 Å². The molecule has 166 valence electrons. The number of aryl methyl sites for hydroxylation is 1. The van der Waals surface area contributed by atoms with Crippen LogP contribution in [0.5, 0.6) is 0 Å². The first-order valence-electron chi connectivity index (χ1n) is 11.3. The zero-order chi connectivity index (χ0) is 22.2. The van der Waals surface area contributed by atoms with Crippen LogP contribution in [0.3, 0.4) is 0 Å². The molecule has 0 radical (unpaired) electrons. The van der Waals surface area contributed by atoms with Crippen LogP contribution < -0.4 is 5.32 Å². The van der Waals surface area contributed by atoms with Gasteiger partial charge in [-0.15, -0.1) is 0 Å². The molecule has 3 aromatic rings. The molecule has 5 rings (SSSR count). The van der Waals surface area contributed by atoms with E-state index in [1.807, 2.05) is 40.8 Å². The molecule has 32 heavy (non-hydrogen) atoms. The molecular formula is C25H27ClN4O2. The molecule has 2 heterocycles. The number of aromatic nitrogens is 2. The van der Waals surface area contributed by atoms with Crippen molar-refractivity contribution in [1.82, 2.24) is 19.8 Å². The van der Waals surface area contributed by atoms with Gasteiger partial charge in [0.05, 0.1) is 17.6 Å². The van der Waals surface area contributed by atoms with Crippen molar-refractivity contribution in [3.63, 3.8) is 0 Å². The van der Waals surface area contributed by atoms with E-state index >= 15 is 0 Å². The number of para-hydroxylation sites is 2. The van der Waals surface area contributed by atoms with Crippen LogP contribution in [0, 0.1) is 5.92 Å². The Labute approximate surface area is 192 Å².